The quantitative estimate of drug-likeness (QED) is 0.390. The summed E-state index contributed by atoms with van der Waals surface area (Å²) < 4.78 is 0. The highest BCUT2D eigenvalue weighted by Gasteiger charge is 2.34. The number of allylic oxidation sites excluding steroid dienone is 1. The van der Waals surface area contributed by atoms with Crippen molar-refractivity contribution >= 4 is 63.3 Å². The lowest BCUT2D eigenvalue weighted by Crippen LogP contribution is -2.33. The van der Waals surface area contributed by atoms with Crippen LogP contribution in [0.15, 0.2) is 88.0 Å². The summed E-state index contributed by atoms with van der Waals surface area (Å²) in [5.41, 5.74) is 6.90. The molecule has 1 heterocycles. The molecule has 1 aliphatic heterocycles. The predicted molar refractivity (Wildman–Crippen MR) is 140 cm³/mol. The standard InChI is InChI=1S/C27H21Cl2N3O3/c28-18-2-6-20(7-3-18)30-21-12-17(13-26(34)35)27-24(14-21)31-23-11-16(15-33)1-10-25(23)32(27)22-8-4-19(29)5-9-22/h1-11,33H,12-15H2,(H,34,35). The molecule has 0 atom stereocenters. The summed E-state index contributed by atoms with van der Waals surface area (Å²) in [7, 11) is 0. The SMILES string of the molecule is O=C(O)CC1=C2C(=Nc3cc(CO)ccc3N2c2ccc(Cl)cc2)CC(=Nc2ccc(Cl)cc2)C1. The molecule has 0 radical (unpaired) electrons. The van der Waals surface area contributed by atoms with Gasteiger partial charge in [0.1, 0.15) is 0 Å². The van der Waals surface area contributed by atoms with Crippen molar-refractivity contribution in [1.82, 2.24) is 0 Å². The summed E-state index contributed by atoms with van der Waals surface area (Å²) in [6, 6.07) is 20.2. The zero-order chi connectivity index (χ0) is 24.5. The third kappa shape index (κ3) is 4.86. The van der Waals surface area contributed by atoms with Gasteiger partial charge in [0.2, 0.25) is 0 Å². The van der Waals surface area contributed by atoms with Crippen LogP contribution in [0.25, 0.3) is 0 Å². The molecule has 0 unspecified atom stereocenters. The number of aliphatic carboxylic acids is 1. The van der Waals surface area contributed by atoms with Crippen molar-refractivity contribution in [3.63, 3.8) is 0 Å². The maximum atomic E-state index is 11.9. The van der Waals surface area contributed by atoms with Crippen LogP contribution < -0.4 is 4.90 Å². The van der Waals surface area contributed by atoms with Crippen LogP contribution in [-0.4, -0.2) is 27.6 Å². The van der Waals surface area contributed by atoms with Crippen molar-refractivity contribution in [3.8, 4) is 0 Å². The van der Waals surface area contributed by atoms with Gasteiger partial charge in [-0.15, -0.1) is 0 Å². The Morgan fingerprint density at radius 1 is 0.971 bits per heavy atom. The third-order valence-corrected chi connectivity index (χ3v) is 6.41. The third-order valence-electron chi connectivity index (χ3n) is 5.90. The van der Waals surface area contributed by atoms with Crippen LogP contribution in [0.4, 0.5) is 22.7 Å². The fraction of sp³-hybridized carbons (Fsp3) is 0.148. The second kappa shape index (κ2) is 9.66. The molecule has 3 aromatic carbocycles. The summed E-state index contributed by atoms with van der Waals surface area (Å²) >= 11 is 12.2. The number of carbonyl (C=O) groups is 1. The smallest absolute Gasteiger partial charge is 0.307 e. The monoisotopic (exact) mass is 505 g/mol. The minimum atomic E-state index is -0.919. The summed E-state index contributed by atoms with van der Waals surface area (Å²) in [4.78, 5) is 23.6. The van der Waals surface area contributed by atoms with E-state index in [-0.39, 0.29) is 13.0 Å². The number of aliphatic imine (C=N–C) groups is 2. The number of aliphatic hydroxyl groups is 1. The molecule has 6 nitrogen and oxygen atoms in total. The summed E-state index contributed by atoms with van der Waals surface area (Å²) in [6.07, 6.45) is 0.744. The van der Waals surface area contributed by atoms with Crippen LogP contribution in [0, 0.1) is 0 Å². The zero-order valence-corrected chi connectivity index (χ0v) is 20.1. The van der Waals surface area contributed by atoms with E-state index in [1.54, 1.807) is 24.3 Å². The number of halogens is 2. The van der Waals surface area contributed by atoms with Gasteiger partial charge >= 0.3 is 5.97 Å². The van der Waals surface area contributed by atoms with Crippen molar-refractivity contribution in [3.05, 3.63) is 93.6 Å². The molecule has 0 bridgehead atoms. The van der Waals surface area contributed by atoms with Gasteiger partial charge < -0.3 is 15.1 Å². The van der Waals surface area contributed by atoms with Gasteiger partial charge in [0, 0.05) is 34.3 Å². The molecule has 2 N–H and O–H groups in total. The minimum Gasteiger partial charge on any atom is -0.481 e. The van der Waals surface area contributed by atoms with E-state index >= 15 is 0 Å². The number of fused-ring (bicyclic) bond motifs is 2. The van der Waals surface area contributed by atoms with E-state index in [1.165, 1.54) is 0 Å². The topological polar surface area (TPSA) is 85.5 Å². The first kappa shape index (κ1) is 23.3. The van der Waals surface area contributed by atoms with E-state index in [0.29, 0.717) is 28.6 Å². The number of hydrogen-bond donors (Lipinski definition) is 2. The van der Waals surface area contributed by atoms with E-state index in [9.17, 15) is 15.0 Å². The van der Waals surface area contributed by atoms with E-state index in [0.717, 1.165) is 45.3 Å². The molecule has 1 aliphatic carbocycles. The Hall–Kier alpha value is -3.45. The van der Waals surface area contributed by atoms with Gasteiger partial charge in [-0.3, -0.25) is 9.79 Å². The molecule has 0 aromatic heterocycles. The molecule has 2 aliphatic rings. The lowest BCUT2D eigenvalue weighted by Gasteiger charge is -2.37. The van der Waals surface area contributed by atoms with Crippen LogP contribution in [0.3, 0.4) is 0 Å². The second-order valence-electron chi connectivity index (χ2n) is 8.38. The largest absolute Gasteiger partial charge is 0.481 e. The fourth-order valence-electron chi connectivity index (χ4n) is 4.43. The van der Waals surface area contributed by atoms with Gasteiger partial charge in [-0.2, -0.15) is 0 Å². The lowest BCUT2D eigenvalue weighted by molar-refractivity contribution is -0.136. The average molecular weight is 506 g/mol. The number of hydrogen-bond acceptors (Lipinski definition) is 5. The predicted octanol–water partition coefficient (Wildman–Crippen LogP) is 7.01. The highest BCUT2D eigenvalue weighted by molar-refractivity contribution is 6.31. The number of carboxylic acid groups (broad SMARTS) is 1. The van der Waals surface area contributed by atoms with Gasteiger partial charge in [0.15, 0.2) is 0 Å². The number of carboxylic acids is 1. The second-order valence-corrected chi connectivity index (χ2v) is 9.26. The molecule has 0 saturated heterocycles. The average Bonchev–Trinajstić information content (AvgIpc) is 2.84. The first-order chi connectivity index (χ1) is 16.9. The first-order valence-electron chi connectivity index (χ1n) is 11.0. The van der Waals surface area contributed by atoms with Crippen molar-refractivity contribution in [2.24, 2.45) is 9.98 Å². The Bertz CT molecular complexity index is 1390. The molecule has 0 spiro atoms. The highest BCUT2D eigenvalue weighted by Crippen LogP contribution is 2.45. The summed E-state index contributed by atoms with van der Waals surface area (Å²) in [6.45, 7) is -0.102. The Labute approximate surface area is 212 Å². The van der Waals surface area contributed by atoms with Gasteiger partial charge in [0.05, 0.1) is 41.5 Å². The molecule has 35 heavy (non-hydrogen) atoms. The van der Waals surface area contributed by atoms with Crippen molar-refractivity contribution in [2.45, 2.75) is 25.9 Å². The number of rotatable bonds is 5. The summed E-state index contributed by atoms with van der Waals surface area (Å²) in [5, 5.41) is 20.6. The zero-order valence-electron chi connectivity index (χ0n) is 18.6. The van der Waals surface area contributed by atoms with Crippen LogP contribution in [0.2, 0.25) is 10.0 Å². The first-order valence-corrected chi connectivity index (χ1v) is 11.8. The molecule has 5 rings (SSSR count). The van der Waals surface area contributed by atoms with Crippen LogP contribution in [0.1, 0.15) is 24.8 Å². The molecule has 0 saturated carbocycles. The lowest BCUT2D eigenvalue weighted by atomic mass is 9.88. The van der Waals surface area contributed by atoms with Crippen molar-refractivity contribution in [2.75, 3.05) is 4.90 Å². The molecule has 3 aromatic rings. The van der Waals surface area contributed by atoms with Gasteiger partial charge in [0.25, 0.3) is 0 Å². The van der Waals surface area contributed by atoms with Gasteiger partial charge in [-0.1, -0.05) is 29.3 Å². The van der Waals surface area contributed by atoms with E-state index in [1.807, 2.05) is 47.4 Å². The number of aliphatic hydroxyl groups excluding tert-OH is 1. The molecule has 8 heteroatoms. The normalized spacial score (nSPS) is 16.1. The van der Waals surface area contributed by atoms with Gasteiger partial charge in [-0.25, -0.2) is 4.99 Å². The maximum Gasteiger partial charge on any atom is 0.307 e. The van der Waals surface area contributed by atoms with E-state index in [2.05, 4.69) is 0 Å². The molecular weight excluding hydrogens is 485 g/mol. The van der Waals surface area contributed by atoms with E-state index in [4.69, 9.17) is 33.2 Å². The Kier molecular flexibility index (Phi) is 6.43. The van der Waals surface area contributed by atoms with E-state index < -0.39 is 5.97 Å². The molecular formula is C27H21Cl2N3O3. The number of anilines is 2. The minimum absolute atomic E-state index is 0.102. The van der Waals surface area contributed by atoms with Crippen LogP contribution in [0.5, 0.6) is 0 Å². The highest BCUT2D eigenvalue weighted by atomic mass is 35.5. The maximum absolute atomic E-state index is 11.9. The van der Waals surface area contributed by atoms with Crippen molar-refractivity contribution < 1.29 is 15.0 Å². The number of benzene rings is 3. The Balaban J connectivity index is 1.70. The Morgan fingerprint density at radius 3 is 2.31 bits per heavy atom. The summed E-state index contributed by atoms with van der Waals surface area (Å²) in [5.74, 6) is -0.919. The number of nitrogens with zero attached hydrogens (tertiary/aromatic N) is 3. The molecule has 0 fully saturated rings. The Morgan fingerprint density at radius 2 is 1.66 bits per heavy atom. The van der Waals surface area contributed by atoms with Crippen LogP contribution in [-0.2, 0) is 11.4 Å². The van der Waals surface area contributed by atoms with Gasteiger partial charge in [-0.05, 0) is 71.8 Å². The van der Waals surface area contributed by atoms with Crippen LogP contribution >= 0.6 is 23.2 Å². The van der Waals surface area contributed by atoms with Crippen molar-refractivity contribution in [1.29, 1.82) is 0 Å². The fourth-order valence-corrected chi connectivity index (χ4v) is 4.68. The molecule has 0 amide bonds. The molecule has 176 valence electrons.